The van der Waals surface area contributed by atoms with Crippen molar-refractivity contribution in [1.29, 1.82) is 0 Å². The molecule has 0 unspecified atom stereocenters. The minimum atomic E-state index is -0.123. The summed E-state index contributed by atoms with van der Waals surface area (Å²) in [6, 6.07) is 18.2. The normalized spacial score (nSPS) is 16.7. The van der Waals surface area contributed by atoms with Gasteiger partial charge < -0.3 is 10.2 Å². The lowest BCUT2D eigenvalue weighted by Crippen LogP contribution is -2.52. The first-order chi connectivity index (χ1) is 11.6. The first-order valence-electron chi connectivity index (χ1n) is 8.55. The molecule has 1 aliphatic rings. The van der Waals surface area contributed by atoms with Crippen molar-refractivity contribution in [3.05, 3.63) is 60.2 Å². The van der Waals surface area contributed by atoms with Crippen LogP contribution in [0.25, 0.3) is 0 Å². The molecule has 0 saturated carbocycles. The summed E-state index contributed by atoms with van der Waals surface area (Å²) in [5, 5.41) is 3.06. The summed E-state index contributed by atoms with van der Waals surface area (Å²) in [6.07, 6.45) is 0. The van der Waals surface area contributed by atoms with E-state index in [4.69, 9.17) is 0 Å². The number of anilines is 2. The number of para-hydroxylation sites is 2. The van der Waals surface area contributed by atoms with Gasteiger partial charge in [-0.25, -0.2) is 0 Å². The van der Waals surface area contributed by atoms with E-state index in [1.165, 1.54) is 5.69 Å². The Morgan fingerprint density at radius 3 is 2.25 bits per heavy atom. The van der Waals surface area contributed by atoms with E-state index in [0.29, 0.717) is 0 Å². The van der Waals surface area contributed by atoms with Crippen LogP contribution in [-0.4, -0.2) is 43.0 Å². The fourth-order valence-electron chi connectivity index (χ4n) is 3.12. The number of carbonyl (C=O) groups excluding carboxylic acids is 1. The molecule has 2 aromatic carbocycles. The zero-order chi connectivity index (χ0) is 16.9. The van der Waals surface area contributed by atoms with Crippen LogP contribution in [0.4, 0.5) is 11.4 Å². The molecule has 1 N–H and O–H groups in total. The van der Waals surface area contributed by atoms with Crippen LogP contribution in [0.3, 0.4) is 0 Å². The number of hydrogen-bond donors (Lipinski definition) is 1. The van der Waals surface area contributed by atoms with Gasteiger partial charge in [-0.3, -0.25) is 9.69 Å². The Morgan fingerprint density at radius 1 is 0.958 bits per heavy atom. The SMILES string of the molecule is Cc1ccccc1NC(=O)[C@H](C)N1CCN(c2ccccc2)CC1. The highest BCUT2D eigenvalue weighted by Gasteiger charge is 2.25. The molecule has 2 aromatic rings. The number of rotatable bonds is 4. The van der Waals surface area contributed by atoms with Crippen LogP contribution in [0.2, 0.25) is 0 Å². The number of hydrogen-bond acceptors (Lipinski definition) is 3. The van der Waals surface area contributed by atoms with E-state index in [1.54, 1.807) is 0 Å². The molecule has 0 bridgehead atoms. The van der Waals surface area contributed by atoms with Gasteiger partial charge in [0.05, 0.1) is 6.04 Å². The Morgan fingerprint density at radius 2 is 1.58 bits per heavy atom. The summed E-state index contributed by atoms with van der Waals surface area (Å²) < 4.78 is 0. The molecular weight excluding hydrogens is 298 g/mol. The smallest absolute Gasteiger partial charge is 0.241 e. The van der Waals surface area contributed by atoms with E-state index in [9.17, 15) is 4.79 Å². The average Bonchev–Trinajstić information content (AvgIpc) is 2.64. The Kier molecular flexibility index (Phi) is 5.16. The summed E-state index contributed by atoms with van der Waals surface area (Å²) in [5.74, 6) is 0.0671. The largest absolute Gasteiger partial charge is 0.369 e. The molecule has 24 heavy (non-hydrogen) atoms. The average molecular weight is 323 g/mol. The van der Waals surface area contributed by atoms with Crippen molar-refractivity contribution >= 4 is 17.3 Å². The van der Waals surface area contributed by atoms with Gasteiger partial charge in [0, 0.05) is 37.6 Å². The second-order valence-corrected chi connectivity index (χ2v) is 6.34. The summed E-state index contributed by atoms with van der Waals surface area (Å²) in [7, 11) is 0. The van der Waals surface area contributed by atoms with Gasteiger partial charge in [0.25, 0.3) is 0 Å². The second-order valence-electron chi connectivity index (χ2n) is 6.34. The van der Waals surface area contributed by atoms with Gasteiger partial charge in [-0.1, -0.05) is 36.4 Å². The third-order valence-electron chi connectivity index (χ3n) is 4.77. The molecule has 1 saturated heterocycles. The van der Waals surface area contributed by atoms with Crippen LogP contribution in [-0.2, 0) is 4.79 Å². The fraction of sp³-hybridized carbons (Fsp3) is 0.350. The summed E-state index contributed by atoms with van der Waals surface area (Å²) in [4.78, 5) is 17.2. The maximum absolute atomic E-state index is 12.5. The Hall–Kier alpha value is -2.33. The molecule has 1 fully saturated rings. The van der Waals surface area contributed by atoms with Crippen molar-refractivity contribution in [3.63, 3.8) is 0 Å². The van der Waals surface area contributed by atoms with E-state index in [1.807, 2.05) is 44.2 Å². The Labute approximate surface area is 144 Å². The van der Waals surface area contributed by atoms with Crippen molar-refractivity contribution in [2.24, 2.45) is 0 Å². The van der Waals surface area contributed by atoms with Crippen LogP contribution in [0.1, 0.15) is 12.5 Å². The third kappa shape index (κ3) is 3.77. The van der Waals surface area contributed by atoms with Crippen molar-refractivity contribution < 1.29 is 4.79 Å². The Balaban J connectivity index is 1.56. The highest BCUT2D eigenvalue weighted by atomic mass is 16.2. The first kappa shape index (κ1) is 16.5. The van der Waals surface area contributed by atoms with Gasteiger partial charge >= 0.3 is 0 Å². The maximum atomic E-state index is 12.5. The van der Waals surface area contributed by atoms with Crippen LogP contribution >= 0.6 is 0 Å². The quantitative estimate of drug-likeness (QED) is 0.939. The molecule has 4 nitrogen and oxygen atoms in total. The predicted octanol–water partition coefficient (Wildman–Crippen LogP) is 3.14. The van der Waals surface area contributed by atoms with Crippen molar-refractivity contribution in [1.82, 2.24) is 4.90 Å². The third-order valence-corrected chi connectivity index (χ3v) is 4.77. The van der Waals surface area contributed by atoms with Crippen LogP contribution in [0.15, 0.2) is 54.6 Å². The van der Waals surface area contributed by atoms with Crippen molar-refractivity contribution in [2.45, 2.75) is 19.9 Å². The van der Waals surface area contributed by atoms with Gasteiger partial charge in [0.15, 0.2) is 0 Å². The minimum Gasteiger partial charge on any atom is -0.369 e. The van der Waals surface area contributed by atoms with E-state index in [0.717, 1.165) is 37.4 Å². The number of amides is 1. The summed E-state index contributed by atoms with van der Waals surface area (Å²) in [6.45, 7) is 7.71. The van der Waals surface area contributed by atoms with Gasteiger partial charge in [-0.05, 0) is 37.6 Å². The molecule has 1 heterocycles. The molecule has 1 amide bonds. The van der Waals surface area contributed by atoms with E-state index in [2.05, 4.69) is 39.4 Å². The van der Waals surface area contributed by atoms with E-state index >= 15 is 0 Å². The van der Waals surface area contributed by atoms with Gasteiger partial charge in [0.1, 0.15) is 0 Å². The molecule has 0 aliphatic carbocycles. The molecular formula is C20H25N3O. The highest BCUT2D eigenvalue weighted by Crippen LogP contribution is 2.18. The van der Waals surface area contributed by atoms with Crippen molar-refractivity contribution in [2.75, 3.05) is 36.4 Å². The highest BCUT2D eigenvalue weighted by molar-refractivity contribution is 5.95. The summed E-state index contributed by atoms with van der Waals surface area (Å²) in [5.41, 5.74) is 3.25. The lowest BCUT2D eigenvalue weighted by atomic mass is 10.1. The number of piperazine rings is 1. The molecule has 126 valence electrons. The second kappa shape index (κ2) is 7.49. The molecule has 0 spiro atoms. The molecule has 0 aromatic heterocycles. The van der Waals surface area contributed by atoms with Gasteiger partial charge in [-0.2, -0.15) is 0 Å². The van der Waals surface area contributed by atoms with Gasteiger partial charge in [-0.15, -0.1) is 0 Å². The Bertz CT molecular complexity index is 678. The standard InChI is InChI=1S/C20H25N3O/c1-16-8-6-7-11-19(16)21-20(24)17(2)22-12-14-23(15-13-22)18-9-4-3-5-10-18/h3-11,17H,12-15H2,1-2H3,(H,21,24)/t17-/m0/s1. The fourth-order valence-corrected chi connectivity index (χ4v) is 3.12. The monoisotopic (exact) mass is 323 g/mol. The van der Waals surface area contributed by atoms with E-state index < -0.39 is 0 Å². The van der Waals surface area contributed by atoms with Crippen LogP contribution in [0.5, 0.6) is 0 Å². The lowest BCUT2D eigenvalue weighted by Gasteiger charge is -2.38. The maximum Gasteiger partial charge on any atom is 0.241 e. The number of benzene rings is 2. The number of carbonyl (C=O) groups is 1. The summed E-state index contributed by atoms with van der Waals surface area (Å²) >= 11 is 0. The lowest BCUT2D eigenvalue weighted by molar-refractivity contribution is -0.120. The molecule has 3 rings (SSSR count). The van der Waals surface area contributed by atoms with Gasteiger partial charge in [0.2, 0.25) is 5.91 Å². The zero-order valence-corrected chi connectivity index (χ0v) is 14.4. The van der Waals surface area contributed by atoms with E-state index in [-0.39, 0.29) is 11.9 Å². The zero-order valence-electron chi connectivity index (χ0n) is 14.4. The number of aryl methyl sites for hydroxylation is 1. The minimum absolute atomic E-state index is 0.0671. The van der Waals surface area contributed by atoms with Crippen molar-refractivity contribution in [3.8, 4) is 0 Å². The van der Waals surface area contributed by atoms with Crippen LogP contribution < -0.4 is 10.2 Å². The number of nitrogens with zero attached hydrogens (tertiary/aromatic N) is 2. The topological polar surface area (TPSA) is 35.6 Å². The molecule has 1 aliphatic heterocycles. The molecule has 0 radical (unpaired) electrons. The molecule has 1 atom stereocenters. The predicted molar refractivity (Wildman–Crippen MR) is 99.5 cm³/mol. The first-order valence-corrected chi connectivity index (χ1v) is 8.55. The molecule has 4 heteroatoms. The number of nitrogens with one attached hydrogen (secondary N) is 1. The van der Waals surface area contributed by atoms with Crippen LogP contribution in [0, 0.1) is 6.92 Å².